The van der Waals surface area contributed by atoms with Gasteiger partial charge in [0.25, 0.3) is 5.91 Å². The highest BCUT2D eigenvalue weighted by Crippen LogP contribution is 2.26. The minimum atomic E-state index is -0.783. The summed E-state index contributed by atoms with van der Waals surface area (Å²) in [6.45, 7) is 2.24. The van der Waals surface area contributed by atoms with Crippen molar-refractivity contribution in [3.05, 3.63) is 53.4 Å². The first kappa shape index (κ1) is 20.1. The van der Waals surface area contributed by atoms with Gasteiger partial charge in [0.2, 0.25) is 5.91 Å². The van der Waals surface area contributed by atoms with Gasteiger partial charge in [0.05, 0.1) is 10.7 Å². The smallest absolute Gasteiger partial charge is 0.270 e. The molecule has 2 N–H and O–H groups in total. The zero-order valence-corrected chi connectivity index (χ0v) is 16.8. The Morgan fingerprint density at radius 2 is 1.77 bits per heavy atom. The van der Waals surface area contributed by atoms with Crippen molar-refractivity contribution in [2.75, 3.05) is 36.1 Å². The number of amides is 2. The van der Waals surface area contributed by atoms with Crippen LogP contribution in [0.3, 0.4) is 0 Å². The Hall–Kier alpha value is -3.20. The maximum Gasteiger partial charge on any atom is 0.270 e. The zero-order chi connectivity index (χ0) is 21.3. The summed E-state index contributed by atoms with van der Waals surface area (Å²) in [6.07, 6.45) is 1.71. The molecule has 1 atom stereocenters. The Labute approximate surface area is 177 Å². The zero-order valence-electron chi connectivity index (χ0n) is 16.0. The number of carbonyl (C=O) groups excluding carboxylic acids is 2. The van der Waals surface area contributed by atoms with E-state index >= 15 is 0 Å². The Bertz CT molecular complexity index is 974. The number of nitrogens with two attached hydrogens (primary N) is 1. The Morgan fingerprint density at radius 3 is 2.37 bits per heavy atom. The molecule has 0 bridgehead atoms. The number of aromatic nitrogens is 1. The van der Waals surface area contributed by atoms with E-state index in [1.807, 2.05) is 6.07 Å². The van der Waals surface area contributed by atoms with Gasteiger partial charge in [0.15, 0.2) is 0 Å². The molecule has 2 aromatic rings. The van der Waals surface area contributed by atoms with Gasteiger partial charge in [0, 0.05) is 38.8 Å². The number of carbonyl (C=O) groups is 2. The number of nitrogens with zero attached hydrogens (tertiary/aromatic N) is 5. The summed E-state index contributed by atoms with van der Waals surface area (Å²) in [5.74, 6) is -0.415. The molecule has 8 nitrogen and oxygen atoms in total. The van der Waals surface area contributed by atoms with E-state index in [9.17, 15) is 14.0 Å². The minimum Gasteiger partial charge on any atom is -0.368 e. The van der Waals surface area contributed by atoms with E-state index in [2.05, 4.69) is 15.0 Å². The Kier molecular flexibility index (Phi) is 5.54. The van der Waals surface area contributed by atoms with Crippen LogP contribution in [0.2, 0.25) is 5.02 Å². The van der Waals surface area contributed by atoms with E-state index < -0.39 is 17.8 Å². The quantitative estimate of drug-likeness (QED) is 0.795. The van der Waals surface area contributed by atoms with Crippen LogP contribution in [0.1, 0.15) is 6.42 Å². The fraction of sp³-hybridized carbons (Fsp3) is 0.300. The molecule has 1 aromatic heterocycles. The van der Waals surface area contributed by atoms with Crippen molar-refractivity contribution in [2.24, 2.45) is 10.8 Å². The second-order valence-corrected chi connectivity index (χ2v) is 7.54. The van der Waals surface area contributed by atoms with Crippen LogP contribution in [0, 0.1) is 5.82 Å². The van der Waals surface area contributed by atoms with E-state index in [4.69, 9.17) is 17.3 Å². The largest absolute Gasteiger partial charge is 0.368 e. The minimum absolute atomic E-state index is 0.116. The van der Waals surface area contributed by atoms with Gasteiger partial charge in [-0.05, 0) is 36.4 Å². The third-order valence-electron chi connectivity index (χ3n) is 5.18. The molecule has 2 aliphatic rings. The second kappa shape index (κ2) is 8.27. The summed E-state index contributed by atoms with van der Waals surface area (Å²) < 4.78 is 13.2. The third kappa shape index (κ3) is 4.06. The molecule has 0 spiro atoms. The van der Waals surface area contributed by atoms with Gasteiger partial charge >= 0.3 is 0 Å². The fourth-order valence-electron chi connectivity index (χ4n) is 3.57. The van der Waals surface area contributed by atoms with E-state index in [0.29, 0.717) is 36.9 Å². The van der Waals surface area contributed by atoms with Crippen LogP contribution in [0.25, 0.3) is 0 Å². The van der Waals surface area contributed by atoms with Gasteiger partial charge in [-0.3, -0.25) is 14.6 Å². The molecular formula is C20H20ClFN6O2. The number of halogens is 2. The summed E-state index contributed by atoms with van der Waals surface area (Å²) in [7, 11) is 0. The molecule has 1 unspecified atom stereocenters. The maximum absolute atomic E-state index is 13.2. The first-order valence-electron chi connectivity index (χ1n) is 9.50. The molecule has 1 fully saturated rings. The van der Waals surface area contributed by atoms with Crippen molar-refractivity contribution in [1.82, 2.24) is 9.88 Å². The summed E-state index contributed by atoms with van der Waals surface area (Å²) in [4.78, 5) is 33.0. The number of rotatable bonds is 4. The molecule has 2 aliphatic heterocycles. The molecule has 1 aromatic carbocycles. The second-order valence-electron chi connectivity index (χ2n) is 7.10. The molecule has 1 saturated heterocycles. The van der Waals surface area contributed by atoms with Crippen molar-refractivity contribution < 1.29 is 14.0 Å². The molecular weight excluding hydrogens is 411 g/mol. The van der Waals surface area contributed by atoms with Crippen LogP contribution in [0.4, 0.5) is 15.9 Å². The number of benzene rings is 1. The lowest BCUT2D eigenvalue weighted by Gasteiger charge is -2.35. The van der Waals surface area contributed by atoms with Gasteiger partial charge in [-0.25, -0.2) is 9.37 Å². The standard InChI is InChI=1S/C20H20ClFN6O2/c21-13-1-6-18(24-12-13)26-7-9-27(10-8-26)20(30)16-11-17(19(23)29)28(25-16)15-4-2-14(22)3-5-15/h1-6,12,17H,7-11H2,(H2,23,29). The van der Waals surface area contributed by atoms with Crippen LogP contribution in [0.15, 0.2) is 47.7 Å². The summed E-state index contributed by atoms with van der Waals surface area (Å²) in [5, 5.41) is 6.31. The Morgan fingerprint density at radius 1 is 1.07 bits per heavy atom. The summed E-state index contributed by atoms with van der Waals surface area (Å²) in [5.41, 5.74) is 6.28. The monoisotopic (exact) mass is 430 g/mol. The topological polar surface area (TPSA) is 95.1 Å². The lowest BCUT2D eigenvalue weighted by molar-refractivity contribution is -0.124. The molecule has 4 rings (SSSR count). The van der Waals surface area contributed by atoms with Gasteiger partial charge in [-0.2, -0.15) is 5.10 Å². The van der Waals surface area contributed by atoms with Crippen molar-refractivity contribution >= 4 is 40.6 Å². The van der Waals surface area contributed by atoms with Crippen molar-refractivity contribution in [1.29, 1.82) is 0 Å². The third-order valence-corrected chi connectivity index (χ3v) is 5.40. The molecule has 0 saturated carbocycles. The number of piperazine rings is 1. The number of hydrazone groups is 1. The molecule has 2 amide bonds. The highest BCUT2D eigenvalue weighted by Gasteiger charge is 2.37. The average Bonchev–Trinajstić information content (AvgIpc) is 3.20. The maximum atomic E-state index is 13.2. The van der Waals surface area contributed by atoms with Crippen LogP contribution < -0.4 is 15.6 Å². The van der Waals surface area contributed by atoms with E-state index in [-0.39, 0.29) is 18.0 Å². The van der Waals surface area contributed by atoms with Gasteiger partial charge in [0.1, 0.15) is 23.4 Å². The van der Waals surface area contributed by atoms with Gasteiger partial charge < -0.3 is 15.5 Å². The first-order valence-corrected chi connectivity index (χ1v) is 9.87. The van der Waals surface area contributed by atoms with Crippen LogP contribution in [-0.2, 0) is 9.59 Å². The average molecular weight is 431 g/mol. The molecule has 0 aliphatic carbocycles. The van der Waals surface area contributed by atoms with Crippen molar-refractivity contribution in [2.45, 2.75) is 12.5 Å². The van der Waals surface area contributed by atoms with E-state index in [1.54, 1.807) is 17.2 Å². The normalized spacial score (nSPS) is 19.1. The molecule has 3 heterocycles. The number of anilines is 2. The van der Waals surface area contributed by atoms with Crippen LogP contribution >= 0.6 is 11.6 Å². The van der Waals surface area contributed by atoms with E-state index in [0.717, 1.165) is 5.82 Å². The number of primary amides is 1. The summed E-state index contributed by atoms with van der Waals surface area (Å²) >= 11 is 5.88. The van der Waals surface area contributed by atoms with Crippen LogP contribution in [0.5, 0.6) is 0 Å². The highest BCUT2D eigenvalue weighted by molar-refractivity contribution is 6.40. The van der Waals surface area contributed by atoms with Gasteiger partial charge in [-0.1, -0.05) is 11.6 Å². The number of hydrogen-bond acceptors (Lipinski definition) is 6. The molecule has 10 heteroatoms. The van der Waals surface area contributed by atoms with Crippen molar-refractivity contribution in [3.8, 4) is 0 Å². The van der Waals surface area contributed by atoms with Crippen LogP contribution in [-0.4, -0.2) is 59.6 Å². The SMILES string of the molecule is NC(=O)C1CC(C(=O)N2CCN(c3ccc(Cl)cn3)CC2)=NN1c1ccc(F)cc1. The van der Waals surface area contributed by atoms with Gasteiger partial charge in [-0.15, -0.1) is 0 Å². The predicted octanol–water partition coefficient (Wildman–Crippen LogP) is 1.64. The summed E-state index contributed by atoms with van der Waals surface area (Å²) in [6, 6.07) is 8.38. The lowest BCUT2D eigenvalue weighted by atomic mass is 10.1. The van der Waals surface area contributed by atoms with Crippen molar-refractivity contribution in [3.63, 3.8) is 0 Å². The molecule has 0 radical (unpaired) electrons. The fourth-order valence-corrected chi connectivity index (χ4v) is 3.68. The predicted molar refractivity (Wildman–Crippen MR) is 112 cm³/mol. The lowest BCUT2D eigenvalue weighted by Crippen LogP contribution is -2.51. The first-order chi connectivity index (χ1) is 14.4. The Balaban J connectivity index is 1.45. The van der Waals surface area contributed by atoms with E-state index in [1.165, 1.54) is 29.3 Å². The number of pyridine rings is 1. The highest BCUT2D eigenvalue weighted by atomic mass is 35.5. The molecule has 156 valence electrons. The molecule has 30 heavy (non-hydrogen) atoms. The number of hydrogen-bond donors (Lipinski definition) is 1.